The van der Waals surface area contributed by atoms with E-state index in [0.29, 0.717) is 30.5 Å². The van der Waals surface area contributed by atoms with Gasteiger partial charge in [-0.1, -0.05) is 11.6 Å². The van der Waals surface area contributed by atoms with Crippen molar-refractivity contribution in [2.45, 2.75) is 44.7 Å². The van der Waals surface area contributed by atoms with E-state index in [-0.39, 0.29) is 17.0 Å². The summed E-state index contributed by atoms with van der Waals surface area (Å²) in [5, 5.41) is 28.7. The number of benzene rings is 1. The van der Waals surface area contributed by atoms with Crippen molar-refractivity contribution in [3.05, 3.63) is 64.1 Å². The number of nitrogens with zero attached hydrogens (tertiary/aromatic N) is 8. The number of halogens is 2. The highest BCUT2D eigenvalue weighted by Gasteiger charge is 2.45. The zero-order valence-corrected chi connectivity index (χ0v) is 20.4. The molecular weight excluding hydrogens is 479 g/mol. The molecule has 1 aromatic carbocycles. The van der Waals surface area contributed by atoms with Gasteiger partial charge in [0.05, 0.1) is 23.7 Å². The molecule has 0 spiro atoms. The summed E-state index contributed by atoms with van der Waals surface area (Å²) in [7, 11) is 0. The number of rotatable bonds is 4. The molecular formula is C26H24ClFN8. The third-order valence-corrected chi connectivity index (χ3v) is 7.77. The maximum atomic E-state index is 13.7. The highest BCUT2D eigenvalue weighted by Crippen LogP contribution is 2.46. The van der Waals surface area contributed by atoms with Crippen LogP contribution in [0.1, 0.15) is 54.5 Å². The lowest BCUT2D eigenvalue weighted by Gasteiger charge is -2.32. The fraction of sp³-hybridized carbons (Fsp3) is 0.423. The van der Waals surface area contributed by atoms with Gasteiger partial charge in [-0.2, -0.15) is 10.5 Å². The van der Waals surface area contributed by atoms with E-state index in [1.807, 2.05) is 24.3 Å². The van der Waals surface area contributed by atoms with Crippen molar-refractivity contribution >= 4 is 17.4 Å². The van der Waals surface area contributed by atoms with Gasteiger partial charge in [0.2, 0.25) is 0 Å². The van der Waals surface area contributed by atoms with E-state index in [2.05, 4.69) is 35.6 Å². The normalized spacial score (nSPS) is 19.1. The number of nitriles is 2. The number of hydrogen-bond acceptors (Lipinski definition) is 7. The molecule has 1 saturated carbocycles. The molecule has 1 saturated heterocycles. The number of fused-ring (bicyclic) bond motifs is 3. The van der Waals surface area contributed by atoms with Gasteiger partial charge in [0.25, 0.3) is 0 Å². The van der Waals surface area contributed by atoms with E-state index < -0.39 is 5.82 Å². The average Bonchev–Trinajstić information content (AvgIpc) is 3.58. The van der Waals surface area contributed by atoms with E-state index in [4.69, 9.17) is 16.9 Å². The van der Waals surface area contributed by atoms with Crippen LogP contribution in [0.3, 0.4) is 0 Å². The van der Waals surface area contributed by atoms with E-state index in [0.717, 1.165) is 61.7 Å². The Morgan fingerprint density at radius 1 is 1.08 bits per heavy atom. The highest BCUT2D eigenvalue weighted by atomic mass is 35.5. The van der Waals surface area contributed by atoms with Crippen molar-refractivity contribution in [2.24, 2.45) is 5.41 Å². The molecule has 0 atom stereocenters. The molecule has 36 heavy (non-hydrogen) atoms. The summed E-state index contributed by atoms with van der Waals surface area (Å²) in [5.74, 6) is 2.02. The van der Waals surface area contributed by atoms with Crippen LogP contribution in [0.5, 0.6) is 0 Å². The van der Waals surface area contributed by atoms with Crippen molar-refractivity contribution in [1.29, 1.82) is 10.5 Å². The van der Waals surface area contributed by atoms with Crippen LogP contribution in [0.2, 0.25) is 5.02 Å². The second-order valence-corrected chi connectivity index (χ2v) is 10.4. The fourth-order valence-electron chi connectivity index (χ4n) is 5.40. The van der Waals surface area contributed by atoms with Gasteiger partial charge in [-0.3, -0.25) is 9.47 Å². The summed E-state index contributed by atoms with van der Waals surface area (Å²) in [6.45, 7) is 3.49. The second kappa shape index (κ2) is 8.85. The molecule has 2 fully saturated rings. The standard InChI is InChI=1S/C26H24ClFN8/c27-19-1-3-22-18(11-19)13-34(16-26(15-30)7-8-26)14-24-32-33-25(36(22)24)17-5-9-35(10-6-17)23-4-2-20(28)21(12-29)31-23/h1-4,11,17H,5-10,13-14,16H2. The summed E-state index contributed by atoms with van der Waals surface area (Å²) < 4.78 is 15.9. The molecule has 1 aliphatic carbocycles. The lowest BCUT2D eigenvalue weighted by Crippen LogP contribution is -2.34. The van der Waals surface area contributed by atoms with Crippen molar-refractivity contribution in [3.8, 4) is 17.8 Å². The largest absolute Gasteiger partial charge is 0.357 e. The predicted octanol–water partition coefficient (Wildman–Crippen LogP) is 4.33. The molecule has 6 rings (SSSR count). The lowest BCUT2D eigenvalue weighted by molar-refractivity contribution is 0.223. The minimum absolute atomic E-state index is 0.179. The first-order valence-electron chi connectivity index (χ1n) is 12.2. The third-order valence-electron chi connectivity index (χ3n) is 7.53. The highest BCUT2D eigenvalue weighted by molar-refractivity contribution is 6.30. The number of piperidine rings is 1. The first kappa shape index (κ1) is 22.9. The predicted molar refractivity (Wildman–Crippen MR) is 131 cm³/mol. The number of aromatic nitrogens is 4. The third kappa shape index (κ3) is 4.09. The summed E-state index contributed by atoms with van der Waals surface area (Å²) in [6, 6.07) is 13.2. The average molecular weight is 503 g/mol. The molecule has 4 heterocycles. The molecule has 0 unspecified atom stereocenters. The summed E-state index contributed by atoms with van der Waals surface area (Å²) >= 11 is 6.38. The Balaban J connectivity index is 1.27. The van der Waals surface area contributed by atoms with Gasteiger partial charge in [0, 0.05) is 37.1 Å². The maximum Gasteiger partial charge on any atom is 0.178 e. The fourth-order valence-corrected chi connectivity index (χ4v) is 5.60. The van der Waals surface area contributed by atoms with Crippen LogP contribution in [0.15, 0.2) is 30.3 Å². The minimum atomic E-state index is -0.600. The molecule has 10 heteroatoms. The van der Waals surface area contributed by atoms with Crippen molar-refractivity contribution in [3.63, 3.8) is 0 Å². The van der Waals surface area contributed by atoms with Gasteiger partial charge in [-0.25, -0.2) is 9.37 Å². The van der Waals surface area contributed by atoms with Gasteiger partial charge in [0.1, 0.15) is 17.7 Å². The Hall–Kier alpha value is -3.53. The van der Waals surface area contributed by atoms with Crippen molar-refractivity contribution < 1.29 is 4.39 Å². The summed E-state index contributed by atoms with van der Waals surface area (Å²) in [5.41, 5.74) is 1.72. The first-order chi connectivity index (χ1) is 17.5. The van der Waals surface area contributed by atoms with Crippen LogP contribution in [-0.4, -0.2) is 44.3 Å². The molecule has 182 valence electrons. The Bertz CT molecular complexity index is 1410. The van der Waals surface area contributed by atoms with Gasteiger partial charge in [0.15, 0.2) is 17.3 Å². The van der Waals surface area contributed by atoms with Crippen LogP contribution >= 0.6 is 11.6 Å². The van der Waals surface area contributed by atoms with E-state index in [1.165, 1.54) is 6.07 Å². The first-order valence-corrected chi connectivity index (χ1v) is 12.5. The summed E-state index contributed by atoms with van der Waals surface area (Å²) in [4.78, 5) is 8.56. The van der Waals surface area contributed by atoms with Gasteiger partial charge in [-0.05, 0) is 61.6 Å². The zero-order chi connectivity index (χ0) is 24.9. The molecule has 3 aliphatic rings. The topological polar surface area (TPSA) is 97.7 Å². The van der Waals surface area contributed by atoms with Crippen LogP contribution in [0.25, 0.3) is 5.69 Å². The molecule has 0 amide bonds. The van der Waals surface area contributed by atoms with Gasteiger partial charge < -0.3 is 4.90 Å². The quantitative estimate of drug-likeness (QED) is 0.523. The van der Waals surface area contributed by atoms with E-state index in [1.54, 1.807) is 6.07 Å². The molecule has 2 aromatic heterocycles. The number of pyridine rings is 1. The van der Waals surface area contributed by atoms with Gasteiger partial charge >= 0.3 is 0 Å². The van der Waals surface area contributed by atoms with Gasteiger partial charge in [-0.15, -0.1) is 10.2 Å². The zero-order valence-electron chi connectivity index (χ0n) is 19.7. The minimum Gasteiger partial charge on any atom is -0.357 e. The lowest BCUT2D eigenvalue weighted by atomic mass is 9.95. The monoisotopic (exact) mass is 502 g/mol. The molecule has 2 aliphatic heterocycles. The second-order valence-electron chi connectivity index (χ2n) is 9.99. The SMILES string of the molecule is N#Cc1nc(N2CCC(c3nnc4n3-c3ccc(Cl)cc3CN(CC3(C#N)CC3)C4)CC2)ccc1F. The molecule has 0 bridgehead atoms. The molecule has 8 nitrogen and oxygen atoms in total. The summed E-state index contributed by atoms with van der Waals surface area (Å²) in [6.07, 6.45) is 3.56. The van der Waals surface area contributed by atoms with E-state index >= 15 is 0 Å². The van der Waals surface area contributed by atoms with Crippen LogP contribution in [-0.2, 0) is 13.1 Å². The van der Waals surface area contributed by atoms with Crippen LogP contribution in [0.4, 0.5) is 10.2 Å². The molecule has 0 N–H and O–H groups in total. The van der Waals surface area contributed by atoms with E-state index in [9.17, 15) is 9.65 Å². The molecule has 0 radical (unpaired) electrons. The Morgan fingerprint density at radius 3 is 2.61 bits per heavy atom. The molecule has 3 aromatic rings. The maximum absolute atomic E-state index is 13.7. The Labute approximate surface area is 213 Å². The smallest absolute Gasteiger partial charge is 0.178 e. The Morgan fingerprint density at radius 2 is 1.89 bits per heavy atom. The number of hydrogen-bond donors (Lipinski definition) is 0. The van der Waals surface area contributed by atoms with Crippen LogP contribution in [0, 0.1) is 33.9 Å². The number of anilines is 1. The van der Waals surface area contributed by atoms with Crippen molar-refractivity contribution in [1.82, 2.24) is 24.6 Å². The van der Waals surface area contributed by atoms with Crippen LogP contribution < -0.4 is 4.90 Å². The van der Waals surface area contributed by atoms with Crippen molar-refractivity contribution in [2.75, 3.05) is 24.5 Å². The Kier molecular flexibility index (Phi) is 5.63.